The second kappa shape index (κ2) is 8.26. The number of nitro benzene ring substituents is 1. The molecule has 0 N–H and O–H groups in total. The number of aromatic nitrogens is 1. The van der Waals surface area contributed by atoms with Crippen LogP contribution in [-0.2, 0) is 11.3 Å². The molecule has 150 valence electrons. The van der Waals surface area contributed by atoms with E-state index < -0.39 is 10.9 Å². The summed E-state index contributed by atoms with van der Waals surface area (Å²) < 4.78 is 21.3. The first-order valence-corrected chi connectivity index (χ1v) is 9.20. The summed E-state index contributed by atoms with van der Waals surface area (Å²) in [5.74, 6) is -0.802. The van der Waals surface area contributed by atoms with Gasteiger partial charge in [0, 0.05) is 34.6 Å². The summed E-state index contributed by atoms with van der Waals surface area (Å²) in [6, 6.07) is 12.5. The maximum Gasteiger partial charge on any atom is 0.340 e. The van der Waals surface area contributed by atoms with Gasteiger partial charge in [-0.1, -0.05) is 18.2 Å². The van der Waals surface area contributed by atoms with Gasteiger partial charge < -0.3 is 9.30 Å². The molecule has 1 aromatic heterocycles. The van der Waals surface area contributed by atoms with E-state index in [2.05, 4.69) is 0 Å². The summed E-state index contributed by atoms with van der Waals surface area (Å²) in [6.07, 6.45) is 0. The molecule has 0 aliphatic rings. The highest BCUT2D eigenvalue weighted by Gasteiger charge is 2.26. The Balaban J connectivity index is 2.17. The van der Waals surface area contributed by atoms with Gasteiger partial charge in [-0.2, -0.15) is 0 Å². The molecule has 0 saturated carbocycles. The van der Waals surface area contributed by atoms with Gasteiger partial charge in [0.05, 0.1) is 23.6 Å². The average molecular weight is 396 g/mol. The van der Waals surface area contributed by atoms with Crippen molar-refractivity contribution in [2.24, 2.45) is 0 Å². The van der Waals surface area contributed by atoms with Gasteiger partial charge in [-0.05, 0) is 44.5 Å². The predicted molar refractivity (Wildman–Crippen MR) is 107 cm³/mol. The lowest BCUT2D eigenvalue weighted by Gasteiger charge is -2.11. The summed E-state index contributed by atoms with van der Waals surface area (Å²) in [7, 11) is 0. The Morgan fingerprint density at radius 2 is 1.76 bits per heavy atom. The number of esters is 1. The van der Waals surface area contributed by atoms with Crippen LogP contribution in [0.4, 0.5) is 10.1 Å². The number of nitro groups is 1. The molecule has 0 radical (unpaired) electrons. The molecule has 0 amide bonds. The van der Waals surface area contributed by atoms with E-state index in [-0.39, 0.29) is 24.7 Å². The second-order valence-corrected chi connectivity index (χ2v) is 6.62. The summed E-state index contributed by atoms with van der Waals surface area (Å²) in [4.78, 5) is 23.2. The molecule has 6 nitrogen and oxygen atoms in total. The monoisotopic (exact) mass is 396 g/mol. The molecule has 0 aliphatic heterocycles. The van der Waals surface area contributed by atoms with Crippen LogP contribution in [0, 0.1) is 29.8 Å². The molecule has 0 bridgehead atoms. The van der Waals surface area contributed by atoms with E-state index in [9.17, 15) is 19.3 Å². The van der Waals surface area contributed by atoms with Crippen LogP contribution in [0.1, 0.15) is 34.2 Å². The maximum atomic E-state index is 14.2. The first-order valence-electron chi connectivity index (χ1n) is 9.20. The minimum absolute atomic E-state index is 0.0356. The fourth-order valence-corrected chi connectivity index (χ4v) is 3.47. The second-order valence-electron chi connectivity index (χ2n) is 6.62. The van der Waals surface area contributed by atoms with Crippen molar-refractivity contribution in [2.75, 3.05) is 6.61 Å². The lowest BCUT2D eigenvalue weighted by Crippen LogP contribution is -2.09. The SMILES string of the molecule is CCOC(=O)c1c(-c2ccc([N+](=O)[O-])cc2)c(C)n(Cc2ccccc2F)c1C. The van der Waals surface area contributed by atoms with Crippen molar-refractivity contribution < 1.29 is 18.8 Å². The highest BCUT2D eigenvalue weighted by atomic mass is 19.1. The highest BCUT2D eigenvalue weighted by Crippen LogP contribution is 2.34. The van der Waals surface area contributed by atoms with E-state index in [4.69, 9.17) is 4.74 Å². The third kappa shape index (κ3) is 3.89. The lowest BCUT2D eigenvalue weighted by atomic mass is 10.0. The first-order chi connectivity index (χ1) is 13.8. The van der Waals surface area contributed by atoms with Crippen molar-refractivity contribution >= 4 is 11.7 Å². The Labute approximate surface area is 167 Å². The molecule has 3 rings (SSSR count). The zero-order valence-electron chi connectivity index (χ0n) is 16.4. The van der Waals surface area contributed by atoms with Gasteiger partial charge in [-0.25, -0.2) is 9.18 Å². The zero-order valence-corrected chi connectivity index (χ0v) is 16.4. The Hall–Kier alpha value is -3.48. The van der Waals surface area contributed by atoms with Crippen LogP contribution in [0.3, 0.4) is 0 Å². The molecule has 3 aromatic rings. The molecule has 2 aromatic carbocycles. The van der Waals surface area contributed by atoms with Crippen molar-refractivity contribution in [2.45, 2.75) is 27.3 Å². The van der Waals surface area contributed by atoms with Crippen LogP contribution in [0.25, 0.3) is 11.1 Å². The van der Waals surface area contributed by atoms with Crippen LogP contribution >= 0.6 is 0 Å². The van der Waals surface area contributed by atoms with Gasteiger partial charge in [-0.15, -0.1) is 0 Å². The molecular weight excluding hydrogens is 375 g/mol. The van der Waals surface area contributed by atoms with E-state index in [0.29, 0.717) is 27.9 Å². The summed E-state index contributed by atoms with van der Waals surface area (Å²) in [6.45, 7) is 5.82. The fourth-order valence-electron chi connectivity index (χ4n) is 3.47. The van der Waals surface area contributed by atoms with Gasteiger partial charge in [0.1, 0.15) is 5.82 Å². The number of hydrogen-bond donors (Lipinski definition) is 0. The quantitative estimate of drug-likeness (QED) is 0.332. The minimum Gasteiger partial charge on any atom is -0.462 e. The number of halogens is 1. The van der Waals surface area contributed by atoms with Crippen molar-refractivity contribution in [3.8, 4) is 11.1 Å². The normalized spacial score (nSPS) is 10.8. The summed E-state index contributed by atoms with van der Waals surface area (Å²) in [5.41, 5.74) is 3.54. The lowest BCUT2D eigenvalue weighted by molar-refractivity contribution is -0.384. The van der Waals surface area contributed by atoms with Gasteiger partial charge in [0.2, 0.25) is 0 Å². The molecule has 0 atom stereocenters. The third-order valence-electron chi connectivity index (χ3n) is 4.92. The number of non-ortho nitro benzene ring substituents is 1. The van der Waals surface area contributed by atoms with Crippen LogP contribution < -0.4 is 0 Å². The minimum atomic E-state index is -0.478. The van der Waals surface area contributed by atoms with Crippen LogP contribution in [0.2, 0.25) is 0 Å². The van der Waals surface area contributed by atoms with Crippen molar-refractivity contribution in [3.05, 3.63) is 87.0 Å². The smallest absolute Gasteiger partial charge is 0.340 e. The van der Waals surface area contributed by atoms with Crippen LogP contribution in [-0.4, -0.2) is 22.1 Å². The van der Waals surface area contributed by atoms with E-state index in [0.717, 1.165) is 5.69 Å². The number of ether oxygens (including phenoxy) is 1. The molecule has 29 heavy (non-hydrogen) atoms. The Morgan fingerprint density at radius 1 is 1.10 bits per heavy atom. The number of benzene rings is 2. The van der Waals surface area contributed by atoms with E-state index in [1.807, 2.05) is 11.5 Å². The number of nitrogens with zero attached hydrogens (tertiary/aromatic N) is 2. The molecule has 0 saturated heterocycles. The number of carbonyl (C=O) groups is 1. The molecule has 0 fully saturated rings. The largest absolute Gasteiger partial charge is 0.462 e. The van der Waals surface area contributed by atoms with Crippen molar-refractivity contribution in [1.82, 2.24) is 4.57 Å². The van der Waals surface area contributed by atoms with E-state index in [1.54, 1.807) is 44.2 Å². The van der Waals surface area contributed by atoms with Crippen LogP contribution in [0.5, 0.6) is 0 Å². The standard InChI is InChI=1S/C22H21FN2O4/c1-4-29-22(26)21-15(3)24(13-17-7-5-6-8-19(17)23)14(2)20(21)16-9-11-18(12-10-16)25(27)28/h5-12H,4,13H2,1-3H3. The summed E-state index contributed by atoms with van der Waals surface area (Å²) in [5, 5.41) is 11.0. The van der Waals surface area contributed by atoms with Gasteiger partial charge >= 0.3 is 5.97 Å². The van der Waals surface area contributed by atoms with Crippen molar-refractivity contribution in [1.29, 1.82) is 0 Å². The van der Waals surface area contributed by atoms with Gasteiger partial charge in [0.25, 0.3) is 5.69 Å². The predicted octanol–water partition coefficient (Wildman–Crippen LogP) is 5.04. The average Bonchev–Trinajstić information content (AvgIpc) is 2.94. The molecule has 1 heterocycles. The third-order valence-corrected chi connectivity index (χ3v) is 4.92. The van der Waals surface area contributed by atoms with E-state index >= 15 is 0 Å². The van der Waals surface area contributed by atoms with Crippen molar-refractivity contribution in [3.63, 3.8) is 0 Å². The van der Waals surface area contributed by atoms with Gasteiger partial charge in [0.15, 0.2) is 0 Å². The first kappa shape index (κ1) is 20.3. The number of carbonyl (C=O) groups excluding carboxylic acids is 1. The highest BCUT2D eigenvalue weighted by molar-refractivity contribution is 6.00. The Kier molecular flexibility index (Phi) is 5.77. The zero-order chi connectivity index (χ0) is 21.1. The van der Waals surface area contributed by atoms with Crippen LogP contribution in [0.15, 0.2) is 48.5 Å². The topological polar surface area (TPSA) is 74.4 Å². The molecule has 0 spiro atoms. The van der Waals surface area contributed by atoms with E-state index in [1.165, 1.54) is 18.2 Å². The Bertz CT molecular complexity index is 1070. The molecule has 7 heteroatoms. The fraction of sp³-hybridized carbons (Fsp3) is 0.227. The maximum absolute atomic E-state index is 14.2. The van der Waals surface area contributed by atoms with Gasteiger partial charge in [-0.3, -0.25) is 10.1 Å². The summed E-state index contributed by atoms with van der Waals surface area (Å²) >= 11 is 0. The number of rotatable bonds is 6. The molecule has 0 aliphatic carbocycles. The molecule has 0 unspecified atom stereocenters. The molecular formula is C22H21FN2O4. The number of hydrogen-bond acceptors (Lipinski definition) is 4. The Morgan fingerprint density at radius 3 is 2.34 bits per heavy atom.